The maximum Gasteiger partial charge on any atom is 0.192 e. The third-order valence-electron chi connectivity index (χ3n) is 3.53. The van der Waals surface area contributed by atoms with Crippen molar-refractivity contribution in [1.82, 2.24) is 0 Å². The predicted octanol–water partition coefficient (Wildman–Crippen LogP) is 3.87. The summed E-state index contributed by atoms with van der Waals surface area (Å²) in [5.41, 5.74) is 0. The second-order valence-corrected chi connectivity index (χ2v) is 10.6. The summed E-state index contributed by atoms with van der Waals surface area (Å²) in [6.07, 6.45) is 6.97. The Hall–Kier alpha value is -0.543. The number of ether oxygens (including phenoxy) is 1. The first kappa shape index (κ1) is 13.5. The molecule has 0 radical (unpaired) electrons. The second kappa shape index (κ2) is 4.76. The van der Waals surface area contributed by atoms with E-state index in [1.165, 1.54) is 6.26 Å². The Morgan fingerprint density at radius 3 is 2.31 bits per heavy atom. The van der Waals surface area contributed by atoms with Crippen LogP contribution in [0.15, 0.2) is 25.0 Å². The number of hydrogen-bond acceptors (Lipinski definition) is 2. The Bertz CT molecular complexity index is 276. The van der Waals surface area contributed by atoms with Crippen LogP contribution in [0.3, 0.4) is 0 Å². The molecule has 3 heteroatoms. The van der Waals surface area contributed by atoms with E-state index in [0.717, 1.165) is 6.42 Å². The van der Waals surface area contributed by atoms with E-state index in [2.05, 4.69) is 52.6 Å². The van der Waals surface area contributed by atoms with Crippen LogP contribution in [-0.4, -0.2) is 20.5 Å². The average Bonchev–Trinajstić information content (AvgIpc) is 2.50. The first-order chi connectivity index (χ1) is 7.26. The van der Waals surface area contributed by atoms with Gasteiger partial charge in [-0.15, -0.1) is 0 Å². The lowest BCUT2D eigenvalue weighted by atomic mass is 10.2. The Labute approximate surface area is 100 Å². The maximum atomic E-state index is 6.28. The smallest absolute Gasteiger partial charge is 0.192 e. The fourth-order valence-electron chi connectivity index (χ4n) is 1.50. The summed E-state index contributed by atoms with van der Waals surface area (Å²) >= 11 is 0. The molecule has 0 unspecified atom stereocenters. The normalized spacial score (nSPS) is 25.8. The number of rotatable bonds is 4. The van der Waals surface area contributed by atoms with Crippen LogP contribution in [0.2, 0.25) is 18.1 Å². The van der Waals surface area contributed by atoms with Crippen molar-refractivity contribution in [3.8, 4) is 0 Å². The van der Waals surface area contributed by atoms with E-state index in [1.54, 1.807) is 0 Å². The highest BCUT2D eigenvalue weighted by Crippen LogP contribution is 2.38. The molecule has 1 rings (SSSR count). The van der Waals surface area contributed by atoms with Crippen molar-refractivity contribution in [3.05, 3.63) is 25.0 Å². The highest BCUT2D eigenvalue weighted by Gasteiger charge is 2.39. The SMILES string of the molecule is C=CO[C@H]1C=C[C@H](O[Si](C)(C)C(C)(C)C)C1. The molecule has 1 aliphatic carbocycles. The topological polar surface area (TPSA) is 18.5 Å². The van der Waals surface area contributed by atoms with Gasteiger partial charge in [0.2, 0.25) is 0 Å². The lowest BCUT2D eigenvalue weighted by Gasteiger charge is -2.38. The van der Waals surface area contributed by atoms with Crippen molar-refractivity contribution in [2.45, 2.75) is 57.5 Å². The summed E-state index contributed by atoms with van der Waals surface area (Å²) in [4.78, 5) is 0. The van der Waals surface area contributed by atoms with Gasteiger partial charge in [0.1, 0.15) is 6.10 Å². The van der Waals surface area contributed by atoms with Gasteiger partial charge < -0.3 is 9.16 Å². The lowest BCUT2D eigenvalue weighted by molar-refractivity contribution is 0.138. The predicted molar refractivity (Wildman–Crippen MR) is 70.9 cm³/mol. The molecule has 0 aliphatic heterocycles. The molecule has 0 spiro atoms. The van der Waals surface area contributed by atoms with E-state index >= 15 is 0 Å². The minimum Gasteiger partial charge on any atom is -0.494 e. The minimum atomic E-state index is -1.66. The monoisotopic (exact) mass is 240 g/mol. The van der Waals surface area contributed by atoms with Gasteiger partial charge in [-0.1, -0.05) is 33.4 Å². The molecule has 0 N–H and O–H groups in total. The van der Waals surface area contributed by atoms with Crippen molar-refractivity contribution in [1.29, 1.82) is 0 Å². The zero-order valence-corrected chi connectivity index (χ0v) is 12.1. The minimum absolute atomic E-state index is 0.146. The van der Waals surface area contributed by atoms with Gasteiger partial charge in [0.25, 0.3) is 0 Å². The molecule has 2 atom stereocenters. The highest BCUT2D eigenvalue weighted by atomic mass is 28.4. The van der Waals surface area contributed by atoms with Crippen LogP contribution in [0.4, 0.5) is 0 Å². The lowest BCUT2D eigenvalue weighted by Crippen LogP contribution is -2.43. The van der Waals surface area contributed by atoms with E-state index in [0.29, 0.717) is 0 Å². The van der Waals surface area contributed by atoms with E-state index in [1.807, 2.05) is 0 Å². The fraction of sp³-hybridized carbons (Fsp3) is 0.692. The van der Waals surface area contributed by atoms with E-state index in [4.69, 9.17) is 9.16 Å². The van der Waals surface area contributed by atoms with Crippen molar-refractivity contribution < 1.29 is 9.16 Å². The maximum absolute atomic E-state index is 6.28. The molecule has 92 valence electrons. The average molecular weight is 240 g/mol. The van der Waals surface area contributed by atoms with Crippen LogP contribution in [0.25, 0.3) is 0 Å². The van der Waals surface area contributed by atoms with Gasteiger partial charge in [0.15, 0.2) is 8.32 Å². The van der Waals surface area contributed by atoms with Crippen LogP contribution >= 0.6 is 0 Å². The first-order valence-corrected chi connectivity index (χ1v) is 8.79. The van der Waals surface area contributed by atoms with Gasteiger partial charge in [-0.3, -0.25) is 0 Å². The van der Waals surface area contributed by atoms with Crippen LogP contribution in [0.1, 0.15) is 27.2 Å². The fourth-order valence-corrected chi connectivity index (χ4v) is 2.79. The standard InChI is InChI=1S/C13H24O2Si/c1-7-14-11-8-9-12(10-11)15-16(5,6)13(2,3)4/h7-9,11-12H,1,10H2,2-6H3/t11-,12-/m0/s1. The molecule has 0 aromatic heterocycles. The zero-order valence-electron chi connectivity index (χ0n) is 11.1. The summed E-state index contributed by atoms with van der Waals surface area (Å²) in [7, 11) is -1.66. The van der Waals surface area contributed by atoms with E-state index in [9.17, 15) is 0 Å². The van der Waals surface area contributed by atoms with Gasteiger partial charge in [-0.05, 0) is 24.2 Å². The Morgan fingerprint density at radius 1 is 1.25 bits per heavy atom. The van der Waals surface area contributed by atoms with Crippen molar-refractivity contribution in [3.63, 3.8) is 0 Å². The summed E-state index contributed by atoms with van der Waals surface area (Å²) in [5.74, 6) is 0. The molecule has 0 saturated carbocycles. The summed E-state index contributed by atoms with van der Waals surface area (Å²) in [6.45, 7) is 14.9. The van der Waals surface area contributed by atoms with Gasteiger partial charge in [-0.25, -0.2) is 0 Å². The Balaban J connectivity index is 2.52. The molecule has 1 aliphatic rings. The van der Waals surface area contributed by atoms with Crippen LogP contribution < -0.4 is 0 Å². The molecule has 0 aromatic carbocycles. The van der Waals surface area contributed by atoms with Gasteiger partial charge in [-0.2, -0.15) is 0 Å². The van der Waals surface area contributed by atoms with Crippen molar-refractivity contribution >= 4 is 8.32 Å². The molecule has 0 bridgehead atoms. The summed E-state index contributed by atoms with van der Waals surface area (Å²) in [5, 5.41) is 0.262. The molecule has 2 nitrogen and oxygen atoms in total. The third kappa shape index (κ3) is 3.22. The van der Waals surface area contributed by atoms with Gasteiger partial charge in [0.05, 0.1) is 12.4 Å². The molecular formula is C13H24O2Si. The molecule has 0 saturated heterocycles. The third-order valence-corrected chi connectivity index (χ3v) is 8.03. The second-order valence-electron chi connectivity index (χ2n) is 5.88. The van der Waals surface area contributed by atoms with Gasteiger partial charge >= 0.3 is 0 Å². The molecule has 0 amide bonds. The summed E-state index contributed by atoms with van der Waals surface area (Å²) in [6, 6.07) is 0. The van der Waals surface area contributed by atoms with E-state index in [-0.39, 0.29) is 17.2 Å². The Kier molecular flexibility index (Phi) is 4.02. The molecule has 0 aromatic rings. The summed E-state index contributed by atoms with van der Waals surface area (Å²) < 4.78 is 11.6. The molecule has 0 heterocycles. The van der Waals surface area contributed by atoms with Crippen LogP contribution in [-0.2, 0) is 9.16 Å². The Morgan fingerprint density at radius 2 is 1.81 bits per heavy atom. The van der Waals surface area contributed by atoms with Crippen LogP contribution in [0, 0.1) is 0 Å². The van der Waals surface area contributed by atoms with Gasteiger partial charge in [0, 0.05) is 6.42 Å². The van der Waals surface area contributed by atoms with Crippen molar-refractivity contribution in [2.24, 2.45) is 0 Å². The van der Waals surface area contributed by atoms with Crippen molar-refractivity contribution in [2.75, 3.05) is 0 Å². The van der Waals surface area contributed by atoms with Crippen LogP contribution in [0.5, 0.6) is 0 Å². The molecular weight excluding hydrogens is 216 g/mol. The van der Waals surface area contributed by atoms with E-state index < -0.39 is 8.32 Å². The number of hydrogen-bond donors (Lipinski definition) is 0. The largest absolute Gasteiger partial charge is 0.494 e. The molecule has 0 fully saturated rings. The molecule has 16 heavy (non-hydrogen) atoms. The highest BCUT2D eigenvalue weighted by molar-refractivity contribution is 6.74. The quantitative estimate of drug-likeness (QED) is 0.422. The zero-order chi connectivity index (χ0) is 12.4. The first-order valence-electron chi connectivity index (χ1n) is 5.89.